The summed E-state index contributed by atoms with van der Waals surface area (Å²) in [5.41, 5.74) is 0.589. The van der Waals surface area contributed by atoms with Gasteiger partial charge in [-0.3, -0.25) is 4.79 Å². The number of imidazole rings is 1. The predicted molar refractivity (Wildman–Crippen MR) is 74.2 cm³/mol. The van der Waals surface area contributed by atoms with Gasteiger partial charge in [0.2, 0.25) is 5.95 Å². The fraction of sp³-hybridized carbons (Fsp3) is 0.714. The fourth-order valence-electron chi connectivity index (χ4n) is 3.14. The van der Waals surface area contributed by atoms with Gasteiger partial charge in [-0.15, -0.1) is 0 Å². The fourth-order valence-corrected chi connectivity index (χ4v) is 3.14. The highest BCUT2D eigenvalue weighted by Gasteiger charge is 2.29. The molecule has 1 amide bonds. The van der Waals surface area contributed by atoms with Crippen molar-refractivity contribution in [1.29, 1.82) is 0 Å². The molecule has 2 atom stereocenters. The normalized spacial score (nSPS) is 26.7. The summed E-state index contributed by atoms with van der Waals surface area (Å²) in [6.45, 7) is 7.16. The first-order chi connectivity index (χ1) is 9.15. The molecule has 3 heterocycles. The number of carbonyl (C=O) groups excluding carboxylic acids is 1. The number of anilines is 1. The van der Waals surface area contributed by atoms with E-state index in [-0.39, 0.29) is 5.91 Å². The number of nitrogens with zero attached hydrogens (tertiary/aromatic N) is 3. The van der Waals surface area contributed by atoms with E-state index in [0.717, 1.165) is 50.8 Å². The monoisotopic (exact) mass is 262 g/mol. The van der Waals surface area contributed by atoms with Gasteiger partial charge in [0.05, 0.1) is 0 Å². The maximum atomic E-state index is 12.6. The van der Waals surface area contributed by atoms with Gasteiger partial charge in [0.15, 0.2) is 0 Å². The number of fused-ring (bicyclic) bond motifs is 1. The summed E-state index contributed by atoms with van der Waals surface area (Å²) in [5.74, 6) is 1.65. The minimum Gasteiger partial charge on any atom is -0.356 e. The predicted octanol–water partition coefficient (Wildman–Crippen LogP) is 1.96. The molecule has 0 aliphatic carbocycles. The van der Waals surface area contributed by atoms with Crippen molar-refractivity contribution in [1.82, 2.24) is 14.5 Å². The first-order valence-electron chi connectivity index (χ1n) is 7.27. The Labute approximate surface area is 114 Å². The number of aryl methyl sites for hydroxylation is 1. The molecule has 1 saturated heterocycles. The van der Waals surface area contributed by atoms with Crippen molar-refractivity contribution in [3.05, 3.63) is 11.9 Å². The highest BCUT2D eigenvalue weighted by atomic mass is 16.2. The van der Waals surface area contributed by atoms with Gasteiger partial charge in [0.1, 0.15) is 5.69 Å². The second-order valence-electron chi connectivity index (χ2n) is 5.90. The van der Waals surface area contributed by atoms with Gasteiger partial charge in [0, 0.05) is 31.9 Å². The third-order valence-corrected chi connectivity index (χ3v) is 4.25. The molecule has 0 aromatic carbocycles. The largest absolute Gasteiger partial charge is 0.356 e. The average molecular weight is 262 g/mol. The van der Waals surface area contributed by atoms with Crippen LogP contribution in [-0.4, -0.2) is 39.5 Å². The molecule has 19 heavy (non-hydrogen) atoms. The van der Waals surface area contributed by atoms with Crippen LogP contribution in [-0.2, 0) is 6.54 Å². The molecule has 2 unspecified atom stereocenters. The van der Waals surface area contributed by atoms with Gasteiger partial charge in [-0.25, -0.2) is 4.98 Å². The molecular formula is C14H22N4O. The molecule has 0 radical (unpaired) electrons. The molecule has 2 aliphatic heterocycles. The SMILES string of the molecule is CC1CCN(C(=O)c2cn3c(n2)NCCC3)C(C)C1. The van der Waals surface area contributed by atoms with E-state index in [9.17, 15) is 4.79 Å². The summed E-state index contributed by atoms with van der Waals surface area (Å²) < 4.78 is 2.05. The zero-order chi connectivity index (χ0) is 13.4. The van der Waals surface area contributed by atoms with Gasteiger partial charge in [0.25, 0.3) is 5.91 Å². The van der Waals surface area contributed by atoms with E-state index in [0.29, 0.717) is 11.7 Å². The first-order valence-corrected chi connectivity index (χ1v) is 7.27. The van der Waals surface area contributed by atoms with Crippen molar-refractivity contribution < 1.29 is 4.79 Å². The standard InChI is InChI=1S/C14H22N4O/c1-10-4-7-18(11(2)8-10)13(19)12-9-17-6-3-5-15-14(17)16-12/h9-11H,3-8H2,1-2H3,(H,15,16). The molecule has 0 bridgehead atoms. The molecule has 1 aromatic heterocycles. The number of aromatic nitrogens is 2. The molecule has 1 N–H and O–H groups in total. The van der Waals surface area contributed by atoms with Crippen LogP contribution in [0.2, 0.25) is 0 Å². The lowest BCUT2D eigenvalue weighted by atomic mass is 9.93. The smallest absolute Gasteiger partial charge is 0.274 e. The maximum absolute atomic E-state index is 12.6. The van der Waals surface area contributed by atoms with E-state index in [4.69, 9.17) is 0 Å². The second-order valence-corrected chi connectivity index (χ2v) is 5.90. The van der Waals surface area contributed by atoms with E-state index in [1.165, 1.54) is 0 Å². The zero-order valence-corrected chi connectivity index (χ0v) is 11.7. The van der Waals surface area contributed by atoms with E-state index < -0.39 is 0 Å². The molecule has 1 fully saturated rings. The van der Waals surface area contributed by atoms with Crippen LogP contribution in [0, 0.1) is 5.92 Å². The summed E-state index contributed by atoms with van der Waals surface area (Å²) in [5, 5.41) is 3.24. The second kappa shape index (κ2) is 4.87. The minimum absolute atomic E-state index is 0.0862. The Morgan fingerprint density at radius 1 is 1.42 bits per heavy atom. The number of piperidine rings is 1. The molecule has 0 spiro atoms. The van der Waals surface area contributed by atoms with Crippen molar-refractivity contribution >= 4 is 11.9 Å². The Balaban J connectivity index is 1.78. The number of nitrogens with one attached hydrogen (secondary N) is 1. The summed E-state index contributed by atoms with van der Waals surface area (Å²) in [6.07, 6.45) is 5.18. The van der Waals surface area contributed by atoms with Crippen molar-refractivity contribution in [2.45, 2.75) is 45.7 Å². The number of amides is 1. The van der Waals surface area contributed by atoms with Crippen molar-refractivity contribution in [3.8, 4) is 0 Å². The van der Waals surface area contributed by atoms with Crippen LogP contribution in [0.4, 0.5) is 5.95 Å². The number of carbonyl (C=O) groups is 1. The summed E-state index contributed by atoms with van der Waals surface area (Å²) >= 11 is 0. The van der Waals surface area contributed by atoms with Crippen LogP contribution in [0.3, 0.4) is 0 Å². The summed E-state index contributed by atoms with van der Waals surface area (Å²) in [6, 6.07) is 0.322. The van der Waals surface area contributed by atoms with Gasteiger partial charge >= 0.3 is 0 Å². The Morgan fingerprint density at radius 2 is 2.26 bits per heavy atom. The van der Waals surface area contributed by atoms with Gasteiger partial charge in [-0.1, -0.05) is 6.92 Å². The van der Waals surface area contributed by atoms with Crippen LogP contribution >= 0.6 is 0 Å². The molecule has 1 aromatic rings. The molecule has 0 saturated carbocycles. The molecule has 5 nitrogen and oxygen atoms in total. The molecule has 3 rings (SSSR count). The van der Waals surface area contributed by atoms with Crippen LogP contribution in [0.1, 0.15) is 43.6 Å². The molecular weight excluding hydrogens is 240 g/mol. The number of rotatable bonds is 1. The van der Waals surface area contributed by atoms with Crippen LogP contribution in [0.5, 0.6) is 0 Å². The van der Waals surface area contributed by atoms with Gasteiger partial charge in [-0.2, -0.15) is 0 Å². The average Bonchev–Trinajstić information content (AvgIpc) is 2.81. The summed E-state index contributed by atoms with van der Waals surface area (Å²) in [7, 11) is 0. The number of hydrogen-bond donors (Lipinski definition) is 1. The number of hydrogen-bond acceptors (Lipinski definition) is 3. The van der Waals surface area contributed by atoms with Crippen molar-refractivity contribution in [2.75, 3.05) is 18.4 Å². The molecule has 5 heteroatoms. The van der Waals surface area contributed by atoms with Gasteiger partial charge in [-0.05, 0) is 32.1 Å². The molecule has 2 aliphatic rings. The van der Waals surface area contributed by atoms with Crippen molar-refractivity contribution in [3.63, 3.8) is 0 Å². The Kier molecular flexibility index (Phi) is 3.21. The Morgan fingerprint density at radius 3 is 3.00 bits per heavy atom. The van der Waals surface area contributed by atoms with Crippen molar-refractivity contribution in [2.24, 2.45) is 5.92 Å². The van der Waals surface area contributed by atoms with E-state index in [1.807, 2.05) is 15.7 Å². The first kappa shape index (κ1) is 12.5. The lowest BCUT2D eigenvalue weighted by Gasteiger charge is -2.36. The molecule has 104 valence electrons. The third kappa shape index (κ3) is 2.33. The highest BCUT2D eigenvalue weighted by molar-refractivity contribution is 5.93. The van der Waals surface area contributed by atoms with Crippen LogP contribution < -0.4 is 5.32 Å². The quantitative estimate of drug-likeness (QED) is 0.841. The lowest BCUT2D eigenvalue weighted by molar-refractivity contribution is 0.0583. The number of likely N-dealkylation sites (tertiary alicyclic amines) is 1. The highest BCUT2D eigenvalue weighted by Crippen LogP contribution is 2.24. The van der Waals surface area contributed by atoms with E-state index >= 15 is 0 Å². The lowest BCUT2D eigenvalue weighted by Crippen LogP contribution is -2.44. The third-order valence-electron chi connectivity index (χ3n) is 4.25. The Bertz CT molecular complexity index is 458. The maximum Gasteiger partial charge on any atom is 0.274 e. The topological polar surface area (TPSA) is 50.2 Å². The van der Waals surface area contributed by atoms with E-state index in [1.54, 1.807) is 0 Å². The Hall–Kier alpha value is -1.52. The van der Waals surface area contributed by atoms with E-state index in [2.05, 4.69) is 24.1 Å². The minimum atomic E-state index is 0.0862. The summed E-state index contributed by atoms with van der Waals surface area (Å²) in [4.78, 5) is 19.0. The zero-order valence-electron chi connectivity index (χ0n) is 11.7. The van der Waals surface area contributed by atoms with Crippen LogP contribution in [0.25, 0.3) is 0 Å². The van der Waals surface area contributed by atoms with Gasteiger partial charge < -0.3 is 14.8 Å². The van der Waals surface area contributed by atoms with Crippen LogP contribution in [0.15, 0.2) is 6.20 Å².